The highest BCUT2D eigenvalue weighted by Gasteiger charge is 2.12. The second-order valence-corrected chi connectivity index (χ2v) is 4.13. The van der Waals surface area contributed by atoms with Crippen LogP contribution in [0.3, 0.4) is 0 Å². The molecule has 0 spiro atoms. The fourth-order valence-electron chi connectivity index (χ4n) is 1.70. The number of benzene rings is 2. The zero-order chi connectivity index (χ0) is 15.4. The zero-order valence-corrected chi connectivity index (χ0v) is 10.6. The van der Waals surface area contributed by atoms with Crippen molar-refractivity contribution in [3.8, 4) is 11.8 Å². The first-order chi connectivity index (χ1) is 10.0. The lowest BCUT2D eigenvalue weighted by atomic mass is 10.1. The van der Waals surface area contributed by atoms with E-state index in [0.717, 1.165) is 12.1 Å². The molecule has 0 radical (unpaired) electrons. The van der Waals surface area contributed by atoms with Crippen LogP contribution in [0.5, 0.6) is 5.75 Å². The summed E-state index contributed by atoms with van der Waals surface area (Å²) in [6.07, 6.45) is 0. The molecule has 0 saturated carbocycles. The summed E-state index contributed by atoms with van der Waals surface area (Å²) >= 11 is 0. The largest absolute Gasteiger partial charge is 0.489 e. The number of carboxylic acids is 1. The molecule has 2 rings (SSSR count). The molecule has 0 fully saturated rings. The fraction of sp³-hybridized carbons (Fsp3) is 0.0667. The Morgan fingerprint density at radius 3 is 2.67 bits per heavy atom. The van der Waals surface area contributed by atoms with Crippen LogP contribution >= 0.6 is 0 Å². The van der Waals surface area contributed by atoms with Crippen LogP contribution in [0.2, 0.25) is 0 Å². The van der Waals surface area contributed by atoms with Crippen LogP contribution in [0, 0.1) is 23.0 Å². The number of hydrogen-bond donors (Lipinski definition) is 1. The molecular weight excluding hydrogens is 280 g/mol. The summed E-state index contributed by atoms with van der Waals surface area (Å²) in [5, 5.41) is 17.4. The van der Waals surface area contributed by atoms with E-state index in [1.807, 2.05) is 0 Å². The van der Waals surface area contributed by atoms with E-state index in [9.17, 15) is 13.6 Å². The van der Waals surface area contributed by atoms with E-state index in [-0.39, 0.29) is 23.5 Å². The fourth-order valence-corrected chi connectivity index (χ4v) is 1.70. The van der Waals surface area contributed by atoms with Crippen LogP contribution in [0.4, 0.5) is 8.78 Å². The van der Waals surface area contributed by atoms with Gasteiger partial charge in [0.15, 0.2) is 0 Å². The number of halogens is 2. The maximum absolute atomic E-state index is 13.8. The predicted octanol–water partition coefficient (Wildman–Crippen LogP) is 3.11. The molecular formula is C15H9F2NO3. The van der Waals surface area contributed by atoms with Gasteiger partial charge in [-0.2, -0.15) is 5.26 Å². The van der Waals surface area contributed by atoms with Gasteiger partial charge in [-0.1, -0.05) is 12.1 Å². The lowest BCUT2D eigenvalue weighted by Crippen LogP contribution is -2.03. The molecule has 4 nitrogen and oxygen atoms in total. The Morgan fingerprint density at radius 1 is 1.29 bits per heavy atom. The van der Waals surface area contributed by atoms with Crippen molar-refractivity contribution in [1.29, 1.82) is 5.26 Å². The molecule has 2 aromatic rings. The number of carbonyl (C=O) groups is 1. The van der Waals surface area contributed by atoms with Gasteiger partial charge in [-0.3, -0.25) is 0 Å². The highest BCUT2D eigenvalue weighted by molar-refractivity contribution is 5.88. The van der Waals surface area contributed by atoms with Gasteiger partial charge < -0.3 is 9.84 Å². The Kier molecular flexibility index (Phi) is 4.14. The summed E-state index contributed by atoms with van der Waals surface area (Å²) in [6.45, 7) is -0.201. The normalized spacial score (nSPS) is 9.95. The van der Waals surface area contributed by atoms with Crippen molar-refractivity contribution in [1.82, 2.24) is 0 Å². The van der Waals surface area contributed by atoms with Crippen molar-refractivity contribution in [2.24, 2.45) is 0 Å². The average Bonchev–Trinajstić information content (AvgIpc) is 2.46. The second kappa shape index (κ2) is 6.01. The Hall–Kier alpha value is -2.94. The first kappa shape index (κ1) is 14.5. The maximum atomic E-state index is 13.8. The van der Waals surface area contributed by atoms with Gasteiger partial charge in [0.1, 0.15) is 30.1 Å². The minimum absolute atomic E-state index is 0.0688. The van der Waals surface area contributed by atoms with E-state index in [4.69, 9.17) is 15.1 Å². The molecule has 0 unspecified atom stereocenters. The highest BCUT2D eigenvalue weighted by atomic mass is 19.1. The van der Waals surface area contributed by atoms with Crippen molar-refractivity contribution in [3.63, 3.8) is 0 Å². The van der Waals surface area contributed by atoms with E-state index < -0.39 is 23.2 Å². The highest BCUT2D eigenvalue weighted by Crippen LogP contribution is 2.19. The molecule has 0 amide bonds. The molecule has 1 N–H and O–H groups in total. The lowest BCUT2D eigenvalue weighted by Gasteiger charge is -2.08. The van der Waals surface area contributed by atoms with Gasteiger partial charge in [0.05, 0.1) is 11.1 Å². The molecule has 0 heterocycles. The van der Waals surface area contributed by atoms with E-state index in [2.05, 4.69) is 0 Å². The molecule has 2 aromatic carbocycles. The minimum Gasteiger partial charge on any atom is -0.489 e. The number of ether oxygens (including phenoxy) is 1. The third kappa shape index (κ3) is 3.15. The topological polar surface area (TPSA) is 70.3 Å². The summed E-state index contributed by atoms with van der Waals surface area (Å²) in [4.78, 5) is 10.7. The molecule has 0 aliphatic carbocycles. The lowest BCUT2D eigenvalue weighted by molar-refractivity contribution is 0.0692. The van der Waals surface area contributed by atoms with Crippen molar-refractivity contribution in [2.45, 2.75) is 6.61 Å². The van der Waals surface area contributed by atoms with Gasteiger partial charge in [-0.25, -0.2) is 13.6 Å². The van der Waals surface area contributed by atoms with Gasteiger partial charge in [0.2, 0.25) is 0 Å². The van der Waals surface area contributed by atoms with Crippen LogP contribution in [0.15, 0.2) is 36.4 Å². The third-order valence-electron chi connectivity index (χ3n) is 2.76. The smallest absolute Gasteiger partial charge is 0.338 e. The molecule has 21 heavy (non-hydrogen) atoms. The first-order valence-electron chi connectivity index (χ1n) is 5.86. The van der Waals surface area contributed by atoms with Crippen LogP contribution in [0.25, 0.3) is 0 Å². The van der Waals surface area contributed by atoms with E-state index >= 15 is 0 Å². The standard InChI is InChI=1S/C15H9F2NO3/c16-13-6-11(4-5-12(13)15(19)20)21-8-10-3-1-2-9(7-18)14(10)17/h1-6H,8H2,(H,19,20). The quantitative estimate of drug-likeness (QED) is 0.938. The SMILES string of the molecule is N#Cc1cccc(COc2ccc(C(=O)O)c(F)c2)c1F. The Balaban J connectivity index is 2.16. The van der Waals surface area contributed by atoms with Crippen LogP contribution in [0.1, 0.15) is 21.5 Å². The number of carboxylic acid groups (broad SMARTS) is 1. The minimum atomic E-state index is -1.38. The Morgan fingerprint density at radius 2 is 2.05 bits per heavy atom. The molecule has 0 bridgehead atoms. The monoisotopic (exact) mass is 289 g/mol. The molecule has 0 aliphatic heterocycles. The number of nitrogens with zero attached hydrogens (tertiary/aromatic N) is 1. The summed E-state index contributed by atoms with van der Waals surface area (Å²) in [5.41, 5.74) is -0.430. The number of nitriles is 1. The van der Waals surface area contributed by atoms with Gasteiger partial charge >= 0.3 is 5.97 Å². The van der Waals surface area contributed by atoms with Gasteiger partial charge in [0, 0.05) is 11.6 Å². The van der Waals surface area contributed by atoms with E-state index in [0.29, 0.717) is 0 Å². The Labute approximate surface area is 118 Å². The zero-order valence-electron chi connectivity index (χ0n) is 10.6. The third-order valence-corrected chi connectivity index (χ3v) is 2.76. The molecule has 0 aliphatic rings. The van der Waals surface area contributed by atoms with Crippen LogP contribution < -0.4 is 4.74 Å². The van der Waals surface area contributed by atoms with Crippen molar-refractivity contribution >= 4 is 5.97 Å². The summed E-state index contributed by atoms with van der Waals surface area (Å²) in [7, 11) is 0. The summed E-state index contributed by atoms with van der Waals surface area (Å²) < 4.78 is 32.4. The van der Waals surface area contributed by atoms with E-state index in [1.54, 1.807) is 6.07 Å². The first-order valence-corrected chi connectivity index (χ1v) is 5.86. The summed E-state index contributed by atoms with van der Waals surface area (Å²) in [5.74, 6) is -2.94. The van der Waals surface area contributed by atoms with Crippen LogP contribution in [-0.2, 0) is 6.61 Å². The number of aromatic carboxylic acids is 1. The van der Waals surface area contributed by atoms with Crippen LogP contribution in [-0.4, -0.2) is 11.1 Å². The molecule has 6 heteroatoms. The maximum Gasteiger partial charge on any atom is 0.338 e. The van der Waals surface area contributed by atoms with Crippen molar-refractivity contribution in [2.75, 3.05) is 0 Å². The number of rotatable bonds is 4. The predicted molar refractivity (Wildman–Crippen MR) is 68.8 cm³/mol. The number of hydrogen-bond acceptors (Lipinski definition) is 3. The van der Waals surface area contributed by atoms with E-state index in [1.165, 1.54) is 24.3 Å². The summed E-state index contributed by atoms with van der Waals surface area (Å²) in [6, 6.07) is 9.24. The van der Waals surface area contributed by atoms with Gasteiger partial charge in [-0.05, 0) is 18.2 Å². The molecule has 106 valence electrons. The molecule has 0 atom stereocenters. The average molecular weight is 289 g/mol. The Bertz CT molecular complexity index is 738. The second-order valence-electron chi connectivity index (χ2n) is 4.13. The van der Waals surface area contributed by atoms with Crippen molar-refractivity contribution < 1.29 is 23.4 Å². The molecule has 0 aromatic heterocycles. The van der Waals surface area contributed by atoms with Gasteiger partial charge in [0.25, 0.3) is 0 Å². The molecule has 0 saturated heterocycles. The van der Waals surface area contributed by atoms with Gasteiger partial charge in [-0.15, -0.1) is 0 Å². The van der Waals surface area contributed by atoms with Crippen molar-refractivity contribution in [3.05, 3.63) is 64.7 Å².